The first-order valence-corrected chi connectivity index (χ1v) is 10.7. The number of halogens is 6. The summed E-state index contributed by atoms with van der Waals surface area (Å²) in [5.41, 5.74) is 0. The maximum atomic E-state index is 13.5. The number of rotatable bonds is 17. The van der Waals surface area contributed by atoms with E-state index in [1.54, 1.807) is 22.6 Å². The monoisotopic (exact) mass is 470 g/mol. The van der Waals surface area contributed by atoms with Crippen LogP contribution >= 0.6 is 22.6 Å². The third kappa shape index (κ3) is 12.7. The summed E-state index contributed by atoms with van der Waals surface area (Å²) in [6, 6.07) is 0. The van der Waals surface area contributed by atoms with Crippen molar-refractivity contribution in [3.63, 3.8) is 0 Å². The van der Waals surface area contributed by atoms with Crippen LogP contribution in [0, 0.1) is 0 Å². The van der Waals surface area contributed by atoms with Crippen LogP contribution in [0.4, 0.5) is 22.0 Å². The Hall–Kier alpha value is 0.380. The molecule has 0 saturated carbocycles. The van der Waals surface area contributed by atoms with Gasteiger partial charge in [-0.05, 0) is 12.8 Å². The molecular weight excluding hydrogens is 438 g/mol. The van der Waals surface area contributed by atoms with Gasteiger partial charge in [-0.3, -0.25) is 4.39 Å². The average molecular weight is 470 g/mol. The lowest BCUT2D eigenvalue weighted by Crippen LogP contribution is -2.35. The molecule has 0 heterocycles. The largest absolute Gasteiger partial charge is 0.251 e. The minimum atomic E-state index is -2.36. The van der Waals surface area contributed by atoms with Crippen LogP contribution in [0.5, 0.6) is 0 Å². The molecular formula is C18H32F5I. The number of unbranched alkanes of at least 4 members (excludes halogenated alkanes) is 10. The normalized spacial score (nSPS) is 16.8. The van der Waals surface area contributed by atoms with Gasteiger partial charge in [0, 0.05) is 4.43 Å². The van der Waals surface area contributed by atoms with Crippen LogP contribution in [0.2, 0.25) is 0 Å². The molecule has 0 saturated heterocycles. The minimum absolute atomic E-state index is 0.0376. The molecule has 0 aromatic rings. The van der Waals surface area contributed by atoms with Crippen molar-refractivity contribution in [2.24, 2.45) is 0 Å². The quantitative estimate of drug-likeness (QED) is 0.0898. The van der Waals surface area contributed by atoms with Gasteiger partial charge in [0.2, 0.25) is 0 Å². The summed E-state index contributed by atoms with van der Waals surface area (Å²) in [5.74, 6) is 0. The van der Waals surface area contributed by atoms with Crippen molar-refractivity contribution in [3.05, 3.63) is 0 Å². The van der Waals surface area contributed by atoms with E-state index in [4.69, 9.17) is 0 Å². The molecule has 0 aromatic carbocycles. The highest BCUT2D eigenvalue weighted by Crippen LogP contribution is 2.22. The second kappa shape index (κ2) is 16.8. The fourth-order valence-corrected chi connectivity index (χ4v) is 3.15. The van der Waals surface area contributed by atoms with E-state index < -0.39 is 24.7 Å². The Kier molecular flexibility index (Phi) is 17.1. The Bertz CT molecular complexity index is 268. The molecule has 0 radical (unpaired) electrons. The predicted molar refractivity (Wildman–Crippen MR) is 99.9 cm³/mol. The van der Waals surface area contributed by atoms with Gasteiger partial charge in [0.1, 0.15) is 12.3 Å². The zero-order valence-corrected chi connectivity index (χ0v) is 16.6. The smallest absolute Gasteiger partial charge is 0.166 e. The van der Waals surface area contributed by atoms with Gasteiger partial charge >= 0.3 is 0 Å². The van der Waals surface area contributed by atoms with Gasteiger partial charge in [-0.15, -0.1) is 0 Å². The second-order valence-corrected chi connectivity index (χ2v) is 7.32. The molecule has 4 atom stereocenters. The molecule has 0 aliphatic heterocycles. The fourth-order valence-electron chi connectivity index (χ4n) is 2.67. The summed E-state index contributed by atoms with van der Waals surface area (Å²) in [7, 11) is 0. The van der Waals surface area contributed by atoms with E-state index in [2.05, 4.69) is 0 Å². The van der Waals surface area contributed by atoms with Gasteiger partial charge in [0.25, 0.3) is 0 Å². The topological polar surface area (TPSA) is 0 Å². The molecule has 0 aliphatic carbocycles. The predicted octanol–water partition coefficient (Wildman–Crippen LogP) is 7.42. The number of hydrogen-bond donors (Lipinski definition) is 0. The SMILES string of the molecule is FCCCCCCCCCCCCCC(F)C(F)C(F)C(F)CI. The molecule has 6 heteroatoms. The van der Waals surface area contributed by atoms with Crippen molar-refractivity contribution in [2.45, 2.75) is 102 Å². The average Bonchev–Trinajstić information content (AvgIpc) is 2.60. The Labute approximate surface area is 157 Å². The molecule has 0 aliphatic rings. The maximum Gasteiger partial charge on any atom is 0.166 e. The van der Waals surface area contributed by atoms with E-state index in [0.29, 0.717) is 12.8 Å². The highest BCUT2D eigenvalue weighted by atomic mass is 127. The first kappa shape index (κ1) is 24.4. The third-order valence-corrected chi connectivity index (χ3v) is 5.10. The Morgan fingerprint density at radius 1 is 0.542 bits per heavy atom. The molecule has 0 fully saturated rings. The van der Waals surface area contributed by atoms with E-state index in [1.165, 1.54) is 6.42 Å². The molecule has 0 aromatic heterocycles. The van der Waals surface area contributed by atoms with Gasteiger partial charge < -0.3 is 0 Å². The van der Waals surface area contributed by atoms with Crippen molar-refractivity contribution in [3.8, 4) is 0 Å². The minimum Gasteiger partial charge on any atom is -0.251 e. The standard InChI is InChI=1S/C18H32F5I/c19-13-11-9-7-5-3-1-2-4-6-8-10-12-15(20)17(22)18(23)16(21)14-24/h15-18H,1-14H2. The zero-order valence-electron chi connectivity index (χ0n) is 14.5. The lowest BCUT2D eigenvalue weighted by atomic mass is 10.0. The lowest BCUT2D eigenvalue weighted by Gasteiger charge is -2.19. The van der Waals surface area contributed by atoms with Crippen LogP contribution in [-0.2, 0) is 0 Å². The lowest BCUT2D eigenvalue weighted by molar-refractivity contribution is 0.0371. The van der Waals surface area contributed by atoms with E-state index in [1.807, 2.05) is 0 Å². The summed E-state index contributed by atoms with van der Waals surface area (Å²) in [4.78, 5) is 0. The summed E-state index contributed by atoms with van der Waals surface area (Å²) in [6.07, 6.45) is 2.08. The Balaban J connectivity index is 3.43. The van der Waals surface area contributed by atoms with E-state index in [9.17, 15) is 22.0 Å². The van der Waals surface area contributed by atoms with Gasteiger partial charge in [-0.2, -0.15) is 0 Å². The Morgan fingerprint density at radius 2 is 0.917 bits per heavy atom. The van der Waals surface area contributed by atoms with Crippen LogP contribution in [0.1, 0.15) is 77.0 Å². The first-order chi connectivity index (χ1) is 11.5. The van der Waals surface area contributed by atoms with Gasteiger partial charge in [-0.25, -0.2) is 17.6 Å². The molecule has 0 rings (SSSR count). The number of alkyl halides is 6. The number of hydrogen-bond acceptors (Lipinski definition) is 0. The van der Waals surface area contributed by atoms with Gasteiger partial charge in [0.05, 0.1) is 6.67 Å². The summed E-state index contributed by atoms with van der Waals surface area (Å²) >= 11 is 1.63. The van der Waals surface area contributed by atoms with Crippen molar-refractivity contribution < 1.29 is 22.0 Å². The molecule has 0 spiro atoms. The molecule has 146 valence electrons. The van der Waals surface area contributed by atoms with E-state index in [0.717, 1.165) is 51.4 Å². The fraction of sp³-hybridized carbons (Fsp3) is 1.00. The zero-order chi connectivity index (χ0) is 18.2. The Morgan fingerprint density at radius 3 is 1.33 bits per heavy atom. The highest BCUT2D eigenvalue weighted by molar-refractivity contribution is 14.1. The maximum absolute atomic E-state index is 13.5. The summed E-state index contributed by atoms with van der Waals surface area (Å²) in [6.45, 7) is -0.221. The molecule has 24 heavy (non-hydrogen) atoms. The second-order valence-electron chi connectivity index (χ2n) is 6.44. The molecule has 0 amide bonds. The molecule has 4 unspecified atom stereocenters. The molecule has 0 N–H and O–H groups in total. The van der Waals surface area contributed by atoms with Crippen LogP contribution in [0.25, 0.3) is 0 Å². The van der Waals surface area contributed by atoms with Crippen LogP contribution in [-0.4, -0.2) is 35.8 Å². The van der Waals surface area contributed by atoms with Crippen molar-refractivity contribution >= 4 is 22.6 Å². The van der Waals surface area contributed by atoms with Gasteiger partial charge in [0.15, 0.2) is 12.3 Å². The van der Waals surface area contributed by atoms with Crippen molar-refractivity contribution in [1.82, 2.24) is 0 Å². The highest BCUT2D eigenvalue weighted by Gasteiger charge is 2.35. The first-order valence-electron chi connectivity index (χ1n) is 9.22. The molecule has 0 nitrogen and oxygen atoms in total. The van der Waals surface area contributed by atoms with Crippen molar-refractivity contribution in [2.75, 3.05) is 11.1 Å². The van der Waals surface area contributed by atoms with Crippen molar-refractivity contribution in [1.29, 1.82) is 0 Å². The molecule has 0 bridgehead atoms. The van der Waals surface area contributed by atoms with Crippen LogP contribution in [0.3, 0.4) is 0 Å². The summed E-state index contributed by atoms with van der Waals surface area (Å²) in [5, 5.41) is 0. The van der Waals surface area contributed by atoms with E-state index in [-0.39, 0.29) is 17.5 Å². The summed E-state index contributed by atoms with van der Waals surface area (Å²) < 4.78 is 65.0. The van der Waals surface area contributed by atoms with Crippen LogP contribution in [0.15, 0.2) is 0 Å². The third-order valence-electron chi connectivity index (χ3n) is 4.26. The van der Waals surface area contributed by atoms with Crippen LogP contribution < -0.4 is 0 Å². The van der Waals surface area contributed by atoms with Gasteiger partial charge in [-0.1, -0.05) is 86.8 Å². The van der Waals surface area contributed by atoms with E-state index >= 15 is 0 Å².